The molecular weight excluding hydrogens is 208 g/mol. The lowest BCUT2D eigenvalue weighted by Crippen LogP contribution is -2.08. The van der Waals surface area contributed by atoms with Crippen molar-refractivity contribution >= 4 is 11.8 Å². The standard InChI is InChI=1S/C11H20N2OS/c1-8(2)10-6-12-11(15-7-14-5)13(10)9(3)4/h6,8-9H,7H2,1-5H3. The van der Waals surface area contributed by atoms with Crippen LogP contribution in [-0.2, 0) is 4.74 Å². The SMILES string of the molecule is COCSc1ncc(C(C)C)n1C(C)C. The number of nitrogens with zero attached hydrogens (tertiary/aromatic N) is 2. The van der Waals surface area contributed by atoms with E-state index in [-0.39, 0.29) is 0 Å². The number of ether oxygens (including phenoxy) is 1. The molecule has 1 aromatic heterocycles. The summed E-state index contributed by atoms with van der Waals surface area (Å²) in [6, 6.07) is 0.448. The lowest BCUT2D eigenvalue weighted by atomic mass is 10.1. The first-order chi connectivity index (χ1) is 7.07. The van der Waals surface area contributed by atoms with Crippen molar-refractivity contribution in [3.63, 3.8) is 0 Å². The van der Waals surface area contributed by atoms with E-state index in [1.165, 1.54) is 5.69 Å². The fraction of sp³-hybridized carbons (Fsp3) is 0.727. The molecule has 0 aliphatic carbocycles. The van der Waals surface area contributed by atoms with E-state index in [1.807, 2.05) is 6.20 Å². The van der Waals surface area contributed by atoms with Gasteiger partial charge in [0, 0.05) is 25.0 Å². The fourth-order valence-electron chi connectivity index (χ4n) is 1.52. The molecule has 1 aromatic rings. The molecule has 0 amide bonds. The van der Waals surface area contributed by atoms with Crippen molar-refractivity contribution in [2.24, 2.45) is 0 Å². The Morgan fingerprint density at radius 2 is 2.07 bits per heavy atom. The van der Waals surface area contributed by atoms with E-state index in [9.17, 15) is 0 Å². The van der Waals surface area contributed by atoms with E-state index in [0.29, 0.717) is 17.9 Å². The second-order valence-electron chi connectivity index (χ2n) is 4.13. The van der Waals surface area contributed by atoms with Crippen molar-refractivity contribution in [3.05, 3.63) is 11.9 Å². The third-order valence-corrected chi connectivity index (χ3v) is 3.12. The number of aromatic nitrogens is 2. The molecule has 0 saturated carbocycles. The van der Waals surface area contributed by atoms with E-state index in [2.05, 4.69) is 37.2 Å². The second kappa shape index (κ2) is 5.56. The largest absolute Gasteiger partial charge is 0.374 e. The van der Waals surface area contributed by atoms with E-state index >= 15 is 0 Å². The van der Waals surface area contributed by atoms with Gasteiger partial charge in [0.2, 0.25) is 0 Å². The maximum atomic E-state index is 5.06. The third-order valence-electron chi connectivity index (χ3n) is 2.21. The average Bonchev–Trinajstić information content (AvgIpc) is 2.58. The van der Waals surface area contributed by atoms with Gasteiger partial charge in [-0.2, -0.15) is 0 Å². The maximum Gasteiger partial charge on any atom is 0.170 e. The molecule has 0 radical (unpaired) electrons. The highest BCUT2D eigenvalue weighted by Gasteiger charge is 2.15. The second-order valence-corrected chi connectivity index (χ2v) is 5.02. The van der Waals surface area contributed by atoms with Crippen molar-refractivity contribution in [2.75, 3.05) is 13.0 Å². The zero-order chi connectivity index (χ0) is 11.4. The smallest absolute Gasteiger partial charge is 0.170 e. The van der Waals surface area contributed by atoms with Gasteiger partial charge < -0.3 is 9.30 Å². The number of hydrogen-bond donors (Lipinski definition) is 0. The van der Waals surface area contributed by atoms with Gasteiger partial charge in [-0.3, -0.25) is 0 Å². The lowest BCUT2D eigenvalue weighted by molar-refractivity contribution is 0.258. The van der Waals surface area contributed by atoms with Crippen LogP contribution in [0.1, 0.15) is 45.3 Å². The highest BCUT2D eigenvalue weighted by atomic mass is 32.2. The van der Waals surface area contributed by atoms with Gasteiger partial charge in [0.15, 0.2) is 5.16 Å². The number of rotatable bonds is 5. The Bertz CT molecular complexity index is 308. The molecule has 0 aromatic carbocycles. The normalized spacial score (nSPS) is 11.7. The van der Waals surface area contributed by atoms with Gasteiger partial charge in [-0.25, -0.2) is 4.98 Å². The van der Waals surface area contributed by atoms with Gasteiger partial charge in [0.05, 0.1) is 5.94 Å². The van der Waals surface area contributed by atoms with Crippen LogP contribution in [0, 0.1) is 0 Å². The minimum Gasteiger partial charge on any atom is -0.374 e. The highest BCUT2D eigenvalue weighted by Crippen LogP contribution is 2.26. The van der Waals surface area contributed by atoms with Crippen LogP contribution in [0.5, 0.6) is 0 Å². The van der Waals surface area contributed by atoms with Crippen molar-refractivity contribution in [2.45, 2.75) is 44.8 Å². The summed E-state index contributed by atoms with van der Waals surface area (Å²) >= 11 is 1.64. The summed E-state index contributed by atoms with van der Waals surface area (Å²) in [6.07, 6.45) is 1.97. The van der Waals surface area contributed by atoms with Gasteiger partial charge in [-0.15, -0.1) is 0 Å². The number of hydrogen-bond acceptors (Lipinski definition) is 3. The van der Waals surface area contributed by atoms with E-state index in [0.717, 1.165) is 5.16 Å². The molecule has 0 bridgehead atoms. The molecule has 0 aliphatic heterocycles. The van der Waals surface area contributed by atoms with Crippen molar-refractivity contribution in [1.82, 2.24) is 9.55 Å². The van der Waals surface area contributed by atoms with Gasteiger partial charge in [0.25, 0.3) is 0 Å². The van der Waals surface area contributed by atoms with Crippen molar-refractivity contribution in [1.29, 1.82) is 0 Å². The van der Waals surface area contributed by atoms with Crippen LogP contribution < -0.4 is 0 Å². The monoisotopic (exact) mass is 228 g/mol. The first-order valence-corrected chi connectivity index (χ1v) is 6.25. The first kappa shape index (κ1) is 12.6. The third kappa shape index (κ3) is 2.98. The molecule has 0 atom stereocenters. The summed E-state index contributed by atoms with van der Waals surface area (Å²) in [6.45, 7) is 8.76. The molecule has 4 heteroatoms. The summed E-state index contributed by atoms with van der Waals surface area (Å²) < 4.78 is 7.35. The van der Waals surface area contributed by atoms with Crippen LogP contribution in [-0.4, -0.2) is 22.6 Å². The predicted molar refractivity (Wildman–Crippen MR) is 64.4 cm³/mol. The molecule has 1 rings (SSSR count). The maximum absolute atomic E-state index is 5.06. The Hall–Kier alpha value is -0.480. The van der Waals surface area contributed by atoms with Crippen LogP contribution in [0.15, 0.2) is 11.4 Å². The Balaban J connectivity index is 2.96. The van der Waals surface area contributed by atoms with Crippen LogP contribution in [0.4, 0.5) is 0 Å². The molecule has 3 nitrogen and oxygen atoms in total. The Kier molecular flexibility index (Phi) is 4.67. The van der Waals surface area contributed by atoms with E-state index < -0.39 is 0 Å². The minimum atomic E-state index is 0.448. The molecule has 0 saturated heterocycles. The molecular formula is C11H20N2OS. The fourth-order valence-corrected chi connectivity index (χ4v) is 2.33. The van der Waals surface area contributed by atoms with Crippen molar-refractivity contribution < 1.29 is 4.74 Å². The Labute approximate surface area is 96.2 Å². The lowest BCUT2D eigenvalue weighted by Gasteiger charge is -2.17. The Morgan fingerprint density at radius 3 is 2.53 bits per heavy atom. The summed E-state index contributed by atoms with van der Waals surface area (Å²) in [5, 5.41) is 1.05. The average molecular weight is 228 g/mol. The van der Waals surface area contributed by atoms with Crippen LogP contribution in [0.2, 0.25) is 0 Å². The molecule has 86 valence electrons. The Morgan fingerprint density at radius 1 is 1.40 bits per heavy atom. The van der Waals surface area contributed by atoms with E-state index in [1.54, 1.807) is 18.9 Å². The predicted octanol–water partition coefficient (Wildman–Crippen LogP) is 3.28. The van der Waals surface area contributed by atoms with Gasteiger partial charge in [0.1, 0.15) is 0 Å². The molecule has 15 heavy (non-hydrogen) atoms. The summed E-state index contributed by atoms with van der Waals surface area (Å²) in [5.74, 6) is 1.16. The minimum absolute atomic E-state index is 0.448. The van der Waals surface area contributed by atoms with E-state index in [4.69, 9.17) is 4.74 Å². The topological polar surface area (TPSA) is 27.1 Å². The zero-order valence-corrected chi connectivity index (χ0v) is 11.0. The molecule has 0 N–H and O–H groups in total. The number of imidazole rings is 1. The summed E-state index contributed by atoms with van der Waals surface area (Å²) in [4.78, 5) is 4.44. The van der Waals surface area contributed by atoms with Crippen LogP contribution >= 0.6 is 11.8 Å². The summed E-state index contributed by atoms with van der Waals surface area (Å²) in [7, 11) is 1.71. The van der Waals surface area contributed by atoms with Crippen molar-refractivity contribution in [3.8, 4) is 0 Å². The molecule has 1 heterocycles. The molecule has 0 aliphatic rings. The quantitative estimate of drug-likeness (QED) is 0.571. The zero-order valence-electron chi connectivity index (χ0n) is 10.2. The molecule has 0 spiro atoms. The number of thioether (sulfide) groups is 1. The highest BCUT2D eigenvalue weighted by molar-refractivity contribution is 7.99. The first-order valence-electron chi connectivity index (χ1n) is 5.26. The van der Waals surface area contributed by atoms with Gasteiger partial charge in [-0.05, 0) is 19.8 Å². The van der Waals surface area contributed by atoms with Crippen LogP contribution in [0.3, 0.4) is 0 Å². The van der Waals surface area contributed by atoms with Gasteiger partial charge >= 0.3 is 0 Å². The summed E-state index contributed by atoms with van der Waals surface area (Å²) in [5.41, 5.74) is 1.30. The number of methoxy groups -OCH3 is 1. The van der Waals surface area contributed by atoms with Crippen LogP contribution in [0.25, 0.3) is 0 Å². The molecule has 0 fully saturated rings. The molecule has 0 unspecified atom stereocenters. The van der Waals surface area contributed by atoms with Gasteiger partial charge in [-0.1, -0.05) is 25.6 Å².